The summed E-state index contributed by atoms with van der Waals surface area (Å²) in [7, 11) is 0. The monoisotopic (exact) mass is 368 g/mol. The van der Waals surface area contributed by atoms with Gasteiger partial charge < -0.3 is 14.3 Å². The molecule has 4 rings (SSSR count). The van der Waals surface area contributed by atoms with Crippen LogP contribution >= 0.6 is 11.3 Å². The quantitative estimate of drug-likeness (QED) is 0.569. The highest BCUT2D eigenvalue weighted by Crippen LogP contribution is 2.29. The highest BCUT2D eigenvalue weighted by atomic mass is 32.1. The lowest BCUT2D eigenvalue weighted by Gasteiger charge is -1.98. The van der Waals surface area contributed by atoms with E-state index in [2.05, 4.69) is 32.6 Å². The van der Waals surface area contributed by atoms with Crippen molar-refractivity contribution in [3.05, 3.63) is 47.5 Å². The first-order valence-electron chi connectivity index (χ1n) is 8.12. The number of carbonyl (C=O) groups is 1. The Hall–Kier alpha value is -3.00. The van der Waals surface area contributed by atoms with Crippen molar-refractivity contribution in [2.75, 3.05) is 5.32 Å². The second kappa shape index (κ2) is 6.72. The molecular weight excluding hydrogens is 352 g/mol. The van der Waals surface area contributed by atoms with Gasteiger partial charge in [-0.25, -0.2) is 4.98 Å². The molecule has 0 bridgehead atoms. The number of thiazole rings is 1. The van der Waals surface area contributed by atoms with E-state index in [0.29, 0.717) is 29.0 Å². The average molecular weight is 368 g/mol. The number of carbonyl (C=O) groups excluding carboxylic acids is 1. The van der Waals surface area contributed by atoms with Crippen molar-refractivity contribution in [3.63, 3.8) is 0 Å². The van der Waals surface area contributed by atoms with Crippen LogP contribution in [0.4, 0.5) is 5.13 Å². The molecule has 0 aliphatic carbocycles. The van der Waals surface area contributed by atoms with Gasteiger partial charge in [0.2, 0.25) is 17.6 Å². The minimum absolute atomic E-state index is 0.142. The molecule has 3 heterocycles. The van der Waals surface area contributed by atoms with Gasteiger partial charge in [0.15, 0.2) is 10.9 Å². The molecular formula is C18H16N4O3S. The van der Waals surface area contributed by atoms with E-state index in [1.165, 1.54) is 16.9 Å². The molecule has 0 saturated heterocycles. The van der Waals surface area contributed by atoms with Crippen LogP contribution in [0.5, 0.6) is 0 Å². The lowest BCUT2D eigenvalue weighted by atomic mass is 10.1. The van der Waals surface area contributed by atoms with Gasteiger partial charge in [-0.2, -0.15) is 4.98 Å². The largest absolute Gasteiger partial charge is 0.461 e. The molecule has 0 aliphatic rings. The molecule has 0 fully saturated rings. The normalized spacial score (nSPS) is 11.2. The number of anilines is 1. The summed E-state index contributed by atoms with van der Waals surface area (Å²) in [6.45, 7) is 4.07. The fourth-order valence-corrected chi connectivity index (χ4v) is 3.75. The molecule has 3 aromatic heterocycles. The molecule has 0 unspecified atom stereocenters. The predicted octanol–water partition coefficient (Wildman–Crippen LogP) is 4.13. The number of benzene rings is 1. The van der Waals surface area contributed by atoms with E-state index in [0.717, 1.165) is 15.8 Å². The van der Waals surface area contributed by atoms with E-state index >= 15 is 0 Å². The maximum Gasteiger partial charge on any atom is 0.238 e. The molecule has 0 spiro atoms. The molecule has 26 heavy (non-hydrogen) atoms. The zero-order chi connectivity index (χ0) is 18.1. The van der Waals surface area contributed by atoms with Crippen molar-refractivity contribution in [2.24, 2.45) is 0 Å². The Bertz CT molecular complexity index is 1070. The zero-order valence-electron chi connectivity index (χ0n) is 14.3. The van der Waals surface area contributed by atoms with E-state index in [4.69, 9.17) is 8.94 Å². The number of furan rings is 1. The number of aromatic nitrogens is 3. The van der Waals surface area contributed by atoms with Crippen molar-refractivity contribution in [2.45, 2.75) is 26.7 Å². The first kappa shape index (κ1) is 16.5. The van der Waals surface area contributed by atoms with Crippen LogP contribution in [0.25, 0.3) is 21.8 Å². The van der Waals surface area contributed by atoms with Crippen LogP contribution in [0.15, 0.2) is 39.5 Å². The van der Waals surface area contributed by atoms with Gasteiger partial charge in [0, 0.05) is 12.8 Å². The molecule has 4 aromatic rings. The average Bonchev–Trinajstić information content (AvgIpc) is 3.32. The molecule has 0 saturated carbocycles. The Labute approximate surface area is 153 Å². The molecule has 0 atom stereocenters. The van der Waals surface area contributed by atoms with E-state index in [9.17, 15) is 4.79 Å². The number of fused-ring (bicyclic) bond motifs is 1. The van der Waals surface area contributed by atoms with Crippen LogP contribution in [0.3, 0.4) is 0 Å². The van der Waals surface area contributed by atoms with Gasteiger partial charge in [0.05, 0.1) is 16.5 Å². The molecule has 0 radical (unpaired) electrons. The summed E-state index contributed by atoms with van der Waals surface area (Å²) in [4.78, 5) is 20.9. The molecule has 132 valence electrons. The Morgan fingerprint density at radius 3 is 2.96 bits per heavy atom. The van der Waals surface area contributed by atoms with Crippen LogP contribution in [-0.2, 0) is 11.2 Å². The summed E-state index contributed by atoms with van der Waals surface area (Å²) in [6, 6.07) is 7.66. The van der Waals surface area contributed by atoms with Crippen LogP contribution in [-0.4, -0.2) is 21.0 Å². The fraction of sp³-hybridized carbons (Fsp3) is 0.222. The SMILES string of the molecule is Cc1cc(C)c2nc(NC(=O)CCc3nc(-c4ccco4)no3)sc2c1. The number of hydrogen-bond acceptors (Lipinski definition) is 7. The van der Waals surface area contributed by atoms with Gasteiger partial charge in [0.25, 0.3) is 0 Å². The Morgan fingerprint density at radius 1 is 1.27 bits per heavy atom. The third-order valence-electron chi connectivity index (χ3n) is 3.85. The number of aryl methyl sites for hydroxylation is 3. The third kappa shape index (κ3) is 3.36. The van der Waals surface area contributed by atoms with Crippen molar-refractivity contribution >= 4 is 32.6 Å². The maximum atomic E-state index is 12.2. The first-order valence-corrected chi connectivity index (χ1v) is 8.94. The van der Waals surface area contributed by atoms with Crippen LogP contribution in [0.1, 0.15) is 23.4 Å². The number of hydrogen-bond donors (Lipinski definition) is 1. The number of rotatable bonds is 5. The smallest absolute Gasteiger partial charge is 0.238 e. The second-order valence-corrected chi connectivity index (χ2v) is 7.02. The summed E-state index contributed by atoms with van der Waals surface area (Å²) >= 11 is 1.47. The van der Waals surface area contributed by atoms with Crippen molar-refractivity contribution < 1.29 is 13.7 Å². The van der Waals surface area contributed by atoms with Crippen molar-refractivity contribution in [1.82, 2.24) is 15.1 Å². The fourth-order valence-electron chi connectivity index (χ4n) is 2.69. The predicted molar refractivity (Wildman–Crippen MR) is 98.0 cm³/mol. The number of nitrogens with zero attached hydrogens (tertiary/aromatic N) is 3. The minimum atomic E-state index is -0.142. The molecule has 1 aromatic carbocycles. The molecule has 1 amide bonds. The molecule has 0 aliphatic heterocycles. The number of amides is 1. The van der Waals surface area contributed by atoms with Crippen LogP contribution in [0, 0.1) is 13.8 Å². The van der Waals surface area contributed by atoms with Crippen LogP contribution < -0.4 is 5.32 Å². The Morgan fingerprint density at radius 2 is 2.15 bits per heavy atom. The van der Waals surface area contributed by atoms with Crippen molar-refractivity contribution in [3.8, 4) is 11.6 Å². The second-order valence-electron chi connectivity index (χ2n) is 5.98. The lowest BCUT2D eigenvalue weighted by Crippen LogP contribution is -2.12. The first-order chi connectivity index (χ1) is 12.6. The topological polar surface area (TPSA) is 94.1 Å². The van der Waals surface area contributed by atoms with Gasteiger partial charge in [0.1, 0.15) is 0 Å². The molecule has 8 heteroatoms. The Kier molecular flexibility index (Phi) is 4.26. The third-order valence-corrected chi connectivity index (χ3v) is 4.77. The van der Waals surface area contributed by atoms with Gasteiger partial charge in [-0.15, -0.1) is 0 Å². The molecule has 1 N–H and O–H groups in total. The highest BCUT2D eigenvalue weighted by Gasteiger charge is 2.14. The lowest BCUT2D eigenvalue weighted by molar-refractivity contribution is -0.116. The van der Waals surface area contributed by atoms with E-state index in [-0.39, 0.29) is 12.3 Å². The summed E-state index contributed by atoms with van der Waals surface area (Å²) < 4.78 is 11.4. The summed E-state index contributed by atoms with van der Waals surface area (Å²) in [5.74, 6) is 1.16. The van der Waals surface area contributed by atoms with Crippen molar-refractivity contribution in [1.29, 1.82) is 0 Å². The van der Waals surface area contributed by atoms with Gasteiger partial charge in [-0.1, -0.05) is 22.6 Å². The van der Waals surface area contributed by atoms with Gasteiger partial charge >= 0.3 is 0 Å². The summed E-state index contributed by atoms with van der Waals surface area (Å²) in [6.07, 6.45) is 2.12. The van der Waals surface area contributed by atoms with Crippen LogP contribution in [0.2, 0.25) is 0 Å². The molecule has 7 nitrogen and oxygen atoms in total. The zero-order valence-corrected chi connectivity index (χ0v) is 15.1. The summed E-state index contributed by atoms with van der Waals surface area (Å²) in [5.41, 5.74) is 3.21. The van der Waals surface area contributed by atoms with Gasteiger partial charge in [-0.3, -0.25) is 4.79 Å². The standard InChI is InChI=1S/C18H16N4O3S/c1-10-8-11(2)16-13(9-10)26-18(21-16)19-14(23)5-6-15-20-17(22-25-15)12-4-3-7-24-12/h3-4,7-9H,5-6H2,1-2H3,(H,19,21,23). The summed E-state index contributed by atoms with van der Waals surface area (Å²) in [5, 5.41) is 7.29. The Balaban J connectivity index is 1.39. The van der Waals surface area contributed by atoms with Gasteiger partial charge in [-0.05, 0) is 43.2 Å². The van der Waals surface area contributed by atoms with E-state index in [1.807, 2.05) is 13.8 Å². The van der Waals surface area contributed by atoms with E-state index in [1.54, 1.807) is 18.4 Å². The minimum Gasteiger partial charge on any atom is -0.461 e. The number of nitrogens with one attached hydrogen (secondary N) is 1. The highest BCUT2D eigenvalue weighted by molar-refractivity contribution is 7.22. The van der Waals surface area contributed by atoms with E-state index < -0.39 is 0 Å². The maximum absolute atomic E-state index is 12.2.